The van der Waals surface area contributed by atoms with Gasteiger partial charge in [0, 0.05) is 22.6 Å². The Balaban J connectivity index is 2.10. The maximum atomic E-state index is 9.00. The summed E-state index contributed by atoms with van der Waals surface area (Å²) in [6.07, 6.45) is 5.44. The Hall–Kier alpha value is -4.00. The number of terminal acetylenes is 1. The third-order valence-electron chi connectivity index (χ3n) is 3.80. The summed E-state index contributed by atoms with van der Waals surface area (Å²) >= 11 is 0. The molecule has 116 valence electrons. The van der Waals surface area contributed by atoms with Crippen molar-refractivity contribution in [3.63, 3.8) is 0 Å². The van der Waals surface area contributed by atoms with E-state index >= 15 is 0 Å². The maximum absolute atomic E-state index is 9.00. The van der Waals surface area contributed by atoms with Gasteiger partial charge in [-0.1, -0.05) is 5.92 Å². The van der Waals surface area contributed by atoms with Crippen molar-refractivity contribution in [3.05, 3.63) is 89.5 Å². The minimum Gasteiger partial charge on any atom is -0.311 e. The molecule has 0 amide bonds. The van der Waals surface area contributed by atoms with Gasteiger partial charge in [-0.15, -0.1) is 6.42 Å². The Labute approximate surface area is 147 Å². The van der Waals surface area contributed by atoms with Crippen molar-refractivity contribution >= 4 is 17.1 Å². The fraction of sp³-hybridized carbons (Fsp3) is 0. The van der Waals surface area contributed by atoms with E-state index in [1.54, 1.807) is 24.3 Å². The van der Waals surface area contributed by atoms with Crippen molar-refractivity contribution in [3.8, 4) is 24.5 Å². The van der Waals surface area contributed by atoms with Gasteiger partial charge in [-0.3, -0.25) is 0 Å². The van der Waals surface area contributed by atoms with E-state index in [2.05, 4.69) is 18.1 Å². The first-order chi connectivity index (χ1) is 12.2. The number of hydrogen-bond acceptors (Lipinski definition) is 3. The topological polar surface area (TPSA) is 50.8 Å². The second-order valence-electron chi connectivity index (χ2n) is 5.34. The molecule has 3 aromatic carbocycles. The van der Waals surface area contributed by atoms with Crippen molar-refractivity contribution in [1.29, 1.82) is 10.5 Å². The highest BCUT2D eigenvalue weighted by molar-refractivity contribution is 5.77. The van der Waals surface area contributed by atoms with E-state index in [-0.39, 0.29) is 0 Å². The molecule has 0 radical (unpaired) electrons. The van der Waals surface area contributed by atoms with Crippen LogP contribution in [0.15, 0.2) is 72.8 Å². The molecule has 0 heterocycles. The molecule has 0 saturated heterocycles. The number of hydrogen-bond donors (Lipinski definition) is 0. The van der Waals surface area contributed by atoms with E-state index in [9.17, 15) is 0 Å². The molecule has 25 heavy (non-hydrogen) atoms. The van der Waals surface area contributed by atoms with Gasteiger partial charge in [-0.05, 0) is 72.8 Å². The van der Waals surface area contributed by atoms with E-state index < -0.39 is 0 Å². The average molecular weight is 319 g/mol. The number of anilines is 3. The van der Waals surface area contributed by atoms with Crippen LogP contribution >= 0.6 is 0 Å². The first kappa shape index (κ1) is 15.9. The highest BCUT2D eigenvalue weighted by Gasteiger charge is 2.12. The fourth-order valence-corrected chi connectivity index (χ4v) is 2.52. The minimum atomic E-state index is 0.603. The van der Waals surface area contributed by atoms with Gasteiger partial charge >= 0.3 is 0 Å². The summed E-state index contributed by atoms with van der Waals surface area (Å²) in [4.78, 5) is 2.04. The van der Waals surface area contributed by atoms with Gasteiger partial charge in [-0.2, -0.15) is 10.5 Å². The summed E-state index contributed by atoms with van der Waals surface area (Å²) in [5, 5.41) is 18.0. The molecule has 0 spiro atoms. The first-order valence-corrected chi connectivity index (χ1v) is 7.62. The Kier molecular flexibility index (Phi) is 4.48. The molecule has 0 aliphatic rings. The minimum absolute atomic E-state index is 0.603. The zero-order valence-corrected chi connectivity index (χ0v) is 13.3. The van der Waals surface area contributed by atoms with Crippen LogP contribution in [0.25, 0.3) is 0 Å². The zero-order chi connectivity index (χ0) is 17.6. The quantitative estimate of drug-likeness (QED) is 0.646. The summed E-state index contributed by atoms with van der Waals surface area (Å²) in [6.45, 7) is 0. The summed E-state index contributed by atoms with van der Waals surface area (Å²) in [5.74, 6) is 2.61. The van der Waals surface area contributed by atoms with Crippen molar-refractivity contribution in [1.82, 2.24) is 0 Å². The molecule has 3 nitrogen and oxygen atoms in total. The third-order valence-corrected chi connectivity index (χ3v) is 3.80. The molecule has 0 unspecified atom stereocenters. The molecule has 3 aromatic rings. The van der Waals surface area contributed by atoms with Crippen LogP contribution in [0.5, 0.6) is 0 Å². The molecule has 0 aliphatic carbocycles. The Morgan fingerprint density at radius 1 is 0.560 bits per heavy atom. The summed E-state index contributed by atoms with van der Waals surface area (Å²) < 4.78 is 0. The maximum Gasteiger partial charge on any atom is 0.0991 e. The first-order valence-electron chi connectivity index (χ1n) is 7.62. The Bertz CT molecular complexity index is 857. The number of benzene rings is 3. The predicted octanol–water partition coefficient (Wildman–Crippen LogP) is 4.88. The zero-order valence-electron chi connectivity index (χ0n) is 13.3. The lowest BCUT2D eigenvalue weighted by atomic mass is 10.1. The van der Waals surface area contributed by atoms with Gasteiger partial charge in [0.25, 0.3) is 0 Å². The number of nitrogens with zero attached hydrogens (tertiary/aromatic N) is 3. The van der Waals surface area contributed by atoms with Crippen LogP contribution in [-0.4, -0.2) is 0 Å². The third kappa shape index (κ3) is 3.35. The van der Waals surface area contributed by atoms with Crippen molar-refractivity contribution in [2.45, 2.75) is 0 Å². The van der Waals surface area contributed by atoms with Crippen molar-refractivity contribution in [2.24, 2.45) is 0 Å². The molecule has 0 N–H and O–H groups in total. The molecule has 0 saturated carbocycles. The highest BCUT2D eigenvalue weighted by Crippen LogP contribution is 2.34. The van der Waals surface area contributed by atoms with Gasteiger partial charge in [0.2, 0.25) is 0 Å². The number of rotatable bonds is 3. The van der Waals surface area contributed by atoms with Crippen LogP contribution in [0, 0.1) is 35.0 Å². The monoisotopic (exact) mass is 319 g/mol. The molecular formula is C22H13N3. The predicted molar refractivity (Wildman–Crippen MR) is 98.5 cm³/mol. The van der Waals surface area contributed by atoms with Crippen molar-refractivity contribution < 1.29 is 0 Å². The largest absolute Gasteiger partial charge is 0.311 e. The fourth-order valence-electron chi connectivity index (χ4n) is 2.52. The van der Waals surface area contributed by atoms with E-state index in [0.717, 1.165) is 22.6 Å². The molecule has 0 atom stereocenters. The van der Waals surface area contributed by atoms with E-state index in [0.29, 0.717) is 11.1 Å². The second-order valence-corrected chi connectivity index (χ2v) is 5.34. The van der Waals surface area contributed by atoms with Gasteiger partial charge in [0.15, 0.2) is 0 Å². The molecule has 3 rings (SSSR count). The lowest BCUT2D eigenvalue weighted by Crippen LogP contribution is -2.09. The summed E-state index contributed by atoms with van der Waals surface area (Å²) in [5.41, 5.74) is 4.78. The lowest BCUT2D eigenvalue weighted by molar-refractivity contribution is 1.28. The van der Waals surface area contributed by atoms with Crippen LogP contribution in [0.2, 0.25) is 0 Å². The molecule has 0 aliphatic heterocycles. The average Bonchev–Trinajstić information content (AvgIpc) is 2.70. The van der Waals surface area contributed by atoms with Crippen LogP contribution in [-0.2, 0) is 0 Å². The normalized spacial score (nSPS) is 9.48. The number of nitriles is 2. The summed E-state index contributed by atoms with van der Waals surface area (Å²) in [6, 6.07) is 26.6. The SMILES string of the molecule is C#Cc1ccc(N(c2ccc(C#N)cc2)c2ccc(C#N)cc2)cc1. The second kappa shape index (κ2) is 7.05. The molecule has 0 fully saturated rings. The Morgan fingerprint density at radius 2 is 0.880 bits per heavy atom. The van der Waals surface area contributed by atoms with E-state index in [4.69, 9.17) is 16.9 Å². The molecule has 0 aromatic heterocycles. The lowest BCUT2D eigenvalue weighted by Gasteiger charge is -2.25. The molecular weight excluding hydrogens is 306 g/mol. The van der Waals surface area contributed by atoms with Crippen LogP contribution in [0.4, 0.5) is 17.1 Å². The van der Waals surface area contributed by atoms with Crippen LogP contribution in [0.3, 0.4) is 0 Å². The standard InChI is InChI=1S/C22H13N3/c1-2-17-3-9-20(10-4-17)25(21-11-5-18(15-23)6-12-21)22-13-7-19(16-24)8-14-22/h1,3-14H. The van der Waals surface area contributed by atoms with Crippen LogP contribution in [0.1, 0.15) is 16.7 Å². The van der Waals surface area contributed by atoms with Gasteiger partial charge in [0.05, 0.1) is 23.3 Å². The Morgan fingerprint density at radius 3 is 1.16 bits per heavy atom. The molecule has 0 bridgehead atoms. The molecule has 3 heteroatoms. The van der Waals surface area contributed by atoms with Gasteiger partial charge < -0.3 is 4.90 Å². The van der Waals surface area contributed by atoms with E-state index in [1.165, 1.54) is 0 Å². The van der Waals surface area contributed by atoms with Crippen LogP contribution < -0.4 is 4.90 Å². The van der Waals surface area contributed by atoms with Crippen molar-refractivity contribution in [2.75, 3.05) is 4.90 Å². The highest BCUT2D eigenvalue weighted by atomic mass is 15.1. The smallest absolute Gasteiger partial charge is 0.0991 e. The van der Waals surface area contributed by atoms with E-state index in [1.807, 2.05) is 53.4 Å². The van der Waals surface area contributed by atoms with Gasteiger partial charge in [0.1, 0.15) is 0 Å². The van der Waals surface area contributed by atoms with Gasteiger partial charge in [-0.25, -0.2) is 0 Å². The summed E-state index contributed by atoms with van der Waals surface area (Å²) in [7, 11) is 0.